The molecule has 1 aliphatic heterocycles. The van der Waals surface area contributed by atoms with E-state index >= 15 is 0 Å². The van der Waals surface area contributed by atoms with Crippen molar-refractivity contribution in [3.05, 3.63) is 28.0 Å². The van der Waals surface area contributed by atoms with E-state index in [0.717, 1.165) is 0 Å². The summed E-state index contributed by atoms with van der Waals surface area (Å²) in [5, 5.41) is 1.76. The molecule has 0 aliphatic carbocycles. The van der Waals surface area contributed by atoms with Gasteiger partial charge < -0.3 is 9.47 Å². The van der Waals surface area contributed by atoms with E-state index in [-0.39, 0.29) is 10.6 Å². The lowest BCUT2D eigenvalue weighted by molar-refractivity contribution is -0.123. The van der Waals surface area contributed by atoms with Crippen LogP contribution in [0, 0.1) is 5.82 Å². The molecule has 1 aromatic rings. The van der Waals surface area contributed by atoms with Gasteiger partial charge in [-0.2, -0.15) is 0 Å². The number of carbonyl (C=O) groups excluding carboxylic acids is 2. The second-order valence-corrected chi connectivity index (χ2v) is 4.30. The molecule has 2 rings (SSSR count). The van der Waals surface area contributed by atoms with E-state index < -0.39 is 23.9 Å². The molecule has 1 unspecified atom stereocenters. The first-order valence-electron chi connectivity index (χ1n) is 5.55. The smallest absolute Gasteiger partial charge is 0.415 e. The highest BCUT2D eigenvalue weighted by Gasteiger charge is 2.38. The molecule has 19 heavy (non-hydrogen) atoms. The Morgan fingerprint density at radius 1 is 1.53 bits per heavy atom. The van der Waals surface area contributed by atoms with Gasteiger partial charge in [0.05, 0.1) is 12.1 Å². The van der Waals surface area contributed by atoms with E-state index in [1.807, 2.05) is 5.32 Å². The Morgan fingerprint density at radius 2 is 2.21 bits per heavy atom. The molecule has 0 aromatic heterocycles. The molecule has 7 heteroatoms. The van der Waals surface area contributed by atoms with Gasteiger partial charge in [0.25, 0.3) is 5.91 Å². The van der Waals surface area contributed by atoms with Gasteiger partial charge in [0.1, 0.15) is 11.6 Å². The van der Waals surface area contributed by atoms with Crippen LogP contribution in [0.4, 0.5) is 9.18 Å². The van der Waals surface area contributed by atoms with Crippen molar-refractivity contribution in [3.8, 4) is 5.75 Å². The van der Waals surface area contributed by atoms with Crippen molar-refractivity contribution >= 4 is 23.6 Å². The molecule has 1 heterocycles. The van der Waals surface area contributed by atoms with Crippen LogP contribution < -0.4 is 10.1 Å². The molecule has 0 spiro atoms. The standard InChI is InChI=1S/C12H11ClFNO4/c1-3-5-7(18-2)4-6(13)9(14)8(5)10-11(16)15-12(17)19-10/h4,10H,3H2,1-2H3,(H,15,16,17). The van der Waals surface area contributed by atoms with E-state index in [9.17, 15) is 14.0 Å². The fourth-order valence-electron chi connectivity index (χ4n) is 2.03. The molecule has 1 fully saturated rings. The largest absolute Gasteiger partial charge is 0.496 e. The van der Waals surface area contributed by atoms with E-state index in [0.29, 0.717) is 17.7 Å². The van der Waals surface area contributed by atoms with Crippen molar-refractivity contribution in [1.82, 2.24) is 5.32 Å². The summed E-state index contributed by atoms with van der Waals surface area (Å²) >= 11 is 5.76. The number of cyclic esters (lactones) is 1. The lowest BCUT2D eigenvalue weighted by Crippen LogP contribution is -2.21. The first-order chi connectivity index (χ1) is 8.99. The van der Waals surface area contributed by atoms with Crippen LogP contribution in [0.5, 0.6) is 5.75 Å². The van der Waals surface area contributed by atoms with Crippen LogP contribution in [0.3, 0.4) is 0 Å². The van der Waals surface area contributed by atoms with E-state index in [1.54, 1.807) is 6.92 Å². The number of carbonyl (C=O) groups is 2. The normalized spacial score (nSPS) is 18.2. The van der Waals surface area contributed by atoms with Gasteiger partial charge in [-0.05, 0) is 6.42 Å². The average Bonchev–Trinajstić information content (AvgIpc) is 2.70. The van der Waals surface area contributed by atoms with Gasteiger partial charge in [-0.15, -0.1) is 0 Å². The molecular weight excluding hydrogens is 277 g/mol. The highest BCUT2D eigenvalue weighted by atomic mass is 35.5. The molecule has 5 nitrogen and oxygen atoms in total. The summed E-state index contributed by atoms with van der Waals surface area (Å²) in [4.78, 5) is 22.7. The number of benzene rings is 1. The Balaban J connectivity index is 2.63. The Kier molecular flexibility index (Phi) is 3.61. The number of amides is 2. The number of hydrogen-bond donors (Lipinski definition) is 1. The van der Waals surface area contributed by atoms with Crippen LogP contribution in [-0.2, 0) is 16.0 Å². The Bertz CT molecular complexity index is 561. The van der Waals surface area contributed by atoms with E-state index in [1.165, 1.54) is 13.2 Å². The van der Waals surface area contributed by atoms with Crippen molar-refractivity contribution in [2.75, 3.05) is 7.11 Å². The highest BCUT2D eigenvalue weighted by molar-refractivity contribution is 6.31. The number of imide groups is 1. The van der Waals surface area contributed by atoms with Crippen molar-refractivity contribution in [2.45, 2.75) is 19.4 Å². The summed E-state index contributed by atoms with van der Waals surface area (Å²) in [6.07, 6.45) is -1.85. The van der Waals surface area contributed by atoms with Crippen LogP contribution in [-0.4, -0.2) is 19.1 Å². The maximum absolute atomic E-state index is 14.2. The minimum absolute atomic E-state index is 0.0600. The third-order valence-electron chi connectivity index (χ3n) is 2.85. The molecule has 1 aromatic carbocycles. The average molecular weight is 288 g/mol. The summed E-state index contributed by atoms with van der Waals surface area (Å²) < 4.78 is 24.1. The molecule has 0 bridgehead atoms. The lowest BCUT2D eigenvalue weighted by atomic mass is 9.98. The maximum atomic E-state index is 14.2. The van der Waals surface area contributed by atoms with E-state index in [2.05, 4.69) is 0 Å². The van der Waals surface area contributed by atoms with Crippen LogP contribution in [0.1, 0.15) is 24.2 Å². The topological polar surface area (TPSA) is 64.6 Å². The van der Waals surface area contributed by atoms with Crippen molar-refractivity contribution in [1.29, 1.82) is 0 Å². The van der Waals surface area contributed by atoms with Crippen LogP contribution in [0.15, 0.2) is 6.07 Å². The quantitative estimate of drug-likeness (QED) is 0.927. The minimum atomic E-state index is -1.34. The van der Waals surface area contributed by atoms with Gasteiger partial charge in [-0.3, -0.25) is 10.1 Å². The summed E-state index contributed by atoms with van der Waals surface area (Å²) in [6.45, 7) is 1.77. The Hall–Kier alpha value is -1.82. The molecular formula is C12H11ClFNO4. The number of alkyl carbamates (subject to hydrolysis) is 1. The molecule has 1 N–H and O–H groups in total. The van der Waals surface area contributed by atoms with Gasteiger partial charge in [0.15, 0.2) is 0 Å². The van der Waals surface area contributed by atoms with Gasteiger partial charge in [0, 0.05) is 17.2 Å². The molecule has 2 amide bonds. The number of rotatable bonds is 3. The maximum Gasteiger partial charge on any atom is 0.415 e. The summed E-state index contributed by atoms with van der Waals surface area (Å²) in [5.74, 6) is -1.16. The number of hydrogen-bond acceptors (Lipinski definition) is 4. The Morgan fingerprint density at radius 3 is 2.68 bits per heavy atom. The summed E-state index contributed by atoms with van der Waals surface area (Å²) in [6, 6.07) is 1.33. The molecule has 102 valence electrons. The van der Waals surface area contributed by atoms with Crippen molar-refractivity contribution in [2.24, 2.45) is 0 Å². The first-order valence-corrected chi connectivity index (χ1v) is 5.93. The van der Waals surface area contributed by atoms with Gasteiger partial charge in [0.2, 0.25) is 6.10 Å². The monoisotopic (exact) mass is 287 g/mol. The predicted octanol–water partition coefficient (Wildman–Crippen LogP) is 2.36. The first kappa shape index (κ1) is 13.6. The molecule has 1 atom stereocenters. The molecule has 0 radical (unpaired) electrons. The lowest BCUT2D eigenvalue weighted by Gasteiger charge is -2.17. The van der Waals surface area contributed by atoms with Crippen molar-refractivity contribution in [3.63, 3.8) is 0 Å². The van der Waals surface area contributed by atoms with Gasteiger partial charge in [-0.1, -0.05) is 18.5 Å². The van der Waals surface area contributed by atoms with Crippen molar-refractivity contribution < 1.29 is 23.5 Å². The number of halogens is 2. The fourth-order valence-corrected chi connectivity index (χ4v) is 2.23. The molecule has 0 saturated carbocycles. The SMILES string of the molecule is CCc1c(OC)cc(Cl)c(F)c1C1OC(=O)NC1=O. The van der Waals surface area contributed by atoms with Crippen LogP contribution in [0.25, 0.3) is 0 Å². The minimum Gasteiger partial charge on any atom is -0.496 e. The molecule has 1 aliphatic rings. The third kappa shape index (κ3) is 2.23. The zero-order valence-corrected chi connectivity index (χ0v) is 11.0. The van der Waals surface area contributed by atoms with Gasteiger partial charge in [-0.25, -0.2) is 9.18 Å². The fraction of sp³-hybridized carbons (Fsp3) is 0.333. The second-order valence-electron chi connectivity index (χ2n) is 3.90. The van der Waals surface area contributed by atoms with Gasteiger partial charge >= 0.3 is 6.09 Å². The number of nitrogens with one attached hydrogen (secondary N) is 1. The zero-order chi connectivity index (χ0) is 14.2. The third-order valence-corrected chi connectivity index (χ3v) is 3.13. The number of methoxy groups -OCH3 is 1. The zero-order valence-electron chi connectivity index (χ0n) is 10.3. The molecule has 1 saturated heterocycles. The van der Waals surface area contributed by atoms with E-state index in [4.69, 9.17) is 21.1 Å². The number of ether oxygens (including phenoxy) is 2. The highest BCUT2D eigenvalue weighted by Crippen LogP contribution is 2.37. The summed E-state index contributed by atoms with van der Waals surface area (Å²) in [5.41, 5.74) is 0.384. The van der Waals surface area contributed by atoms with Crippen LogP contribution >= 0.6 is 11.6 Å². The Labute approximate surface area is 113 Å². The summed E-state index contributed by atoms with van der Waals surface area (Å²) in [7, 11) is 1.41. The second kappa shape index (κ2) is 5.05. The van der Waals surface area contributed by atoms with Crippen LogP contribution in [0.2, 0.25) is 5.02 Å². The predicted molar refractivity (Wildman–Crippen MR) is 64.7 cm³/mol.